The number of fused-ring (bicyclic) bond motifs is 1. The van der Waals surface area contributed by atoms with Crippen molar-refractivity contribution in [3.63, 3.8) is 0 Å². The molecule has 0 saturated heterocycles. The Morgan fingerprint density at radius 1 is 1.16 bits per heavy atom. The highest BCUT2D eigenvalue weighted by molar-refractivity contribution is 9.10. The summed E-state index contributed by atoms with van der Waals surface area (Å²) in [6.07, 6.45) is 5.41. The molecule has 1 N–H and O–H groups in total. The summed E-state index contributed by atoms with van der Waals surface area (Å²) in [4.78, 5) is 9.89. The van der Waals surface area contributed by atoms with Gasteiger partial charge in [0.2, 0.25) is 0 Å². The molecule has 0 radical (unpaired) electrons. The molecular weight excluding hydrogens is 540 g/mol. The normalized spacial score (nSPS) is 17.9. The Bertz CT molecular complexity index is 984. The summed E-state index contributed by atoms with van der Waals surface area (Å²) in [5, 5.41) is 0. The average molecular weight is 566 g/mol. The molecule has 8 heteroatoms. The highest BCUT2D eigenvalue weighted by Crippen LogP contribution is 2.33. The first-order chi connectivity index (χ1) is 15.0. The zero-order valence-corrected chi connectivity index (χ0v) is 21.4. The number of nitrogens with one attached hydrogen (secondary N) is 1. The predicted octanol–water partition coefficient (Wildman–Crippen LogP) is 5.44. The SMILES string of the molecule is CCC[S+]([O-])N1Cc2cc(Br)ccc2N(Cc2c[nH]cn2)C[C@H]1Cc1ccc(Br)cc1. The van der Waals surface area contributed by atoms with Gasteiger partial charge in [0.25, 0.3) is 0 Å². The maximum absolute atomic E-state index is 13.3. The van der Waals surface area contributed by atoms with Gasteiger partial charge in [-0.05, 0) is 54.3 Å². The van der Waals surface area contributed by atoms with Crippen LogP contribution in [0.25, 0.3) is 0 Å². The minimum atomic E-state index is -1.03. The lowest BCUT2D eigenvalue weighted by atomic mass is 10.1. The molecule has 5 nitrogen and oxygen atoms in total. The largest absolute Gasteiger partial charge is 0.598 e. The second kappa shape index (κ2) is 10.5. The van der Waals surface area contributed by atoms with E-state index in [0.717, 1.165) is 34.0 Å². The van der Waals surface area contributed by atoms with E-state index < -0.39 is 11.4 Å². The Kier molecular flexibility index (Phi) is 7.77. The van der Waals surface area contributed by atoms with E-state index in [1.807, 2.05) is 6.20 Å². The third-order valence-electron chi connectivity index (χ3n) is 5.48. The molecule has 2 heterocycles. The van der Waals surface area contributed by atoms with Gasteiger partial charge >= 0.3 is 0 Å². The topological polar surface area (TPSA) is 58.2 Å². The smallest absolute Gasteiger partial charge is 0.125 e. The van der Waals surface area contributed by atoms with Crippen LogP contribution in [0.3, 0.4) is 0 Å². The molecule has 0 aliphatic carbocycles. The lowest BCUT2D eigenvalue weighted by Gasteiger charge is -2.32. The van der Waals surface area contributed by atoms with Crippen molar-refractivity contribution in [3.05, 3.63) is 80.8 Å². The molecule has 2 aromatic carbocycles. The Balaban J connectivity index is 1.70. The van der Waals surface area contributed by atoms with Crippen LogP contribution in [0.2, 0.25) is 0 Å². The molecular formula is C23H26Br2N4OS. The van der Waals surface area contributed by atoms with E-state index in [1.54, 1.807) is 6.33 Å². The minimum Gasteiger partial charge on any atom is -0.598 e. The first kappa shape index (κ1) is 22.9. The average Bonchev–Trinajstić information content (AvgIpc) is 3.21. The van der Waals surface area contributed by atoms with Gasteiger partial charge in [-0.2, -0.15) is 0 Å². The third-order valence-corrected chi connectivity index (χ3v) is 8.21. The van der Waals surface area contributed by atoms with E-state index in [2.05, 4.69) is 100 Å². The summed E-state index contributed by atoms with van der Waals surface area (Å²) in [5.74, 6) is 0.680. The van der Waals surface area contributed by atoms with Crippen LogP contribution in [0, 0.1) is 0 Å². The second-order valence-electron chi connectivity index (χ2n) is 7.80. The van der Waals surface area contributed by atoms with Gasteiger partial charge < -0.3 is 14.4 Å². The van der Waals surface area contributed by atoms with Crippen LogP contribution in [0.5, 0.6) is 0 Å². The van der Waals surface area contributed by atoms with Crippen molar-refractivity contribution in [2.75, 3.05) is 17.2 Å². The van der Waals surface area contributed by atoms with Crippen LogP contribution in [0.15, 0.2) is 63.9 Å². The standard InChI is InChI=1S/C23H26Br2N4OS/c1-2-9-31(30)29-13-18-11-20(25)7-8-23(18)28(14-21-12-26-16-27-21)15-22(29)10-17-3-5-19(24)6-4-17/h3-8,11-12,16,22H,2,9-10,13-15H2,1H3,(H,26,27)/t22-,31?/m1/s1. The van der Waals surface area contributed by atoms with E-state index in [9.17, 15) is 4.55 Å². The van der Waals surface area contributed by atoms with Crippen LogP contribution in [-0.2, 0) is 30.9 Å². The van der Waals surface area contributed by atoms with Crippen LogP contribution in [-0.4, -0.2) is 37.2 Å². The maximum atomic E-state index is 13.3. The van der Waals surface area contributed by atoms with Crippen molar-refractivity contribution in [2.45, 2.75) is 38.9 Å². The van der Waals surface area contributed by atoms with Crippen molar-refractivity contribution >= 4 is 48.9 Å². The number of aromatic nitrogens is 2. The lowest BCUT2D eigenvalue weighted by Crippen LogP contribution is -2.46. The van der Waals surface area contributed by atoms with Crippen molar-refractivity contribution in [3.8, 4) is 0 Å². The van der Waals surface area contributed by atoms with Crippen LogP contribution < -0.4 is 4.90 Å². The number of hydrogen-bond acceptors (Lipinski definition) is 4. The number of benzene rings is 2. The Morgan fingerprint density at radius 3 is 2.65 bits per heavy atom. The highest BCUT2D eigenvalue weighted by Gasteiger charge is 2.35. The van der Waals surface area contributed by atoms with Gasteiger partial charge in [-0.15, -0.1) is 4.31 Å². The zero-order valence-electron chi connectivity index (χ0n) is 17.4. The van der Waals surface area contributed by atoms with Gasteiger partial charge in [0, 0.05) is 38.7 Å². The first-order valence-electron chi connectivity index (χ1n) is 10.4. The Labute approximate surface area is 203 Å². The number of rotatable bonds is 7. The van der Waals surface area contributed by atoms with Gasteiger partial charge in [0.1, 0.15) is 5.75 Å². The molecule has 1 aliphatic rings. The van der Waals surface area contributed by atoms with Crippen molar-refractivity contribution in [2.24, 2.45) is 0 Å². The molecule has 0 fully saturated rings. The summed E-state index contributed by atoms with van der Waals surface area (Å²) in [5.41, 5.74) is 4.62. The van der Waals surface area contributed by atoms with Gasteiger partial charge in [-0.3, -0.25) is 0 Å². The number of H-pyrrole nitrogens is 1. The molecule has 31 heavy (non-hydrogen) atoms. The summed E-state index contributed by atoms with van der Waals surface area (Å²) in [6.45, 7) is 4.25. The number of halogens is 2. The van der Waals surface area contributed by atoms with E-state index >= 15 is 0 Å². The zero-order chi connectivity index (χ0) is 21.8. The minimum absolute atomic E-state index is 0.124. The van der Waals surface area contributed by atoms with Gasteiger partial charge in [-0.1, -0.05) is 50.9 Å². The van der Waals surface area contributed by atoms with Crippen LogP contribution in [0.1, 0.15) is 30.2 Å². The number of nitrogens with zero attached hydrogens (tertiary/aromatic N) is 3. The molecule has 164 valence electrons. The van der Waals surface area contributed by atoms with Gasteiger partial charge in [0.05, 0.1) is 31.2 Å². The fourth-order valence-corrected chi connectivity index (χ4v) is 6.06. The molecule has 0 bridgehead atoms. The van der Waals surface area contributed by atoms with Gasteiger partial charge in [0.15, 0.2) is 0 Å². The van der Waals surface area contributed by atoms with Crippen molar-refractivity contribution in [1.82, 2.24) is 14.3 Å². The van der Waals surface area contributed by atoms with Crippen molar-refractivity contribution in [1.29, 1.82) is 0 Å². The molecule has 0 spiro atoms. The number of hydrogen-bond donors (Lipinski definition) is 1. The molecule has 2 atom stereocenters. The molecule has 4 rings (SSSR count). The number of imidazole rings is 1. The fraction of sp³-hybridized carbons (Fsp3) is 0.348. The molecule has 0 saturated carbocycles. The second-order valence-corrected chi connectivity index (χ2v) is 11.2. The van der Waals surface area contributed by atoms with Crippen molar-refractivity contribution < 1.29 is 4.55 Å². The molecule has 1 unspecified atom stereocenters. The first-order valence-corrected chi connectivity index (χ1v) is 13.3. The third kappa shape index (κ3) is 5.73. The maximum Gasteiger partial charge on any atom is 0.125 e. The number of anilines is 1. The summed E-state index contributed by atoms with van der Waals surface area (Å²) in [6, 6.07) is 15.0. The summed E-state index contributed by atoms with van der Waals surface area (Å²) < 4.78 is 17.6. The summed E-state index contributed by atoms with van der Waals surface area (Å²) in [7, 11) is 0. The molecule has 1 aliphatic heterocycles. The Hall–Kier alpha value is -1.32. The van der Waals surface area contributed by atoms with E-state index in [4.69, 9.17) is 0 Å². The highest BCUT2D eigenvalue weighted by atomic mass is 79.9. The number of aromatic amines is 1. The molecule has 1 aromatic heterocycles. The monoisotopic (exact) mass is 564 g/mol. The molecule has 0 amide bonds. The van der Waals surface area contributed by atoms with E-state index in [1.165, 1.54) is 16.8 Å². The molecule has 3 aromatic rings. The van der Waals surface area contributed by atoms with E-state index in [0.29, 0.717) is 18.8 Å². The quantitative estimate of drug-likeness (QED) is 0.387. The fourth-order valence-electron chi connectivity index (χ4n) is 4.04. The van der Waals surface area contributed by atoms with E-state index in [-0.39, 0.29) is 6.04 Å². The predicted molar refractivity (Wildman–Crippen MR) is 134 cm³/mol. The van der Waals surface area contributed by atoms with Gasteiger partial charge in [-0.25, -0.2) is 4.98 Å². The summed E-state index contributed by atoms with van der Waals surface area (Å²) >= 11 is 6.12. The lowest BCUT2D eigenvalue weighted by molar-refractivity contribution is 0.317. The Morgan fingerprint density at radius 2 is 1.94 bits per heavy atom. The van der Waals surface area contributed by atoms with Crippen LogP contribution >= 0.6 is 31.9 Å². The van der Waals surface area contributed by atoms with Crippen LogP contribution in [0.4, 0.5) is 5.69 Å².